The zero-order valence-corrected chi connectivity index (χ0v) is 24.7. The number of nitrogens with one attached hydrogen (secondary N) is 1. The Morgan fingerprint density at radius 3 is 1.89 bits per heavy atom. The van der Waals surface area contributed by atoms with Crippen molar-refractivity contribution >= 4 is 23.8 Å². The van der Waals surface area contributed by atoms with E-state index in [0.29, 0.717) is 6.61 Å². The third-order valence-corrected chi connectivity index (χ3v) is 5.94. The molecule has 5 atom stereocenters. The molecule has 1 saturated heterocycles. The molecule has 10 nitrogen and oxygen atoms in total. The molecule has 0 aromatic carbocycles. The van der Waals surface area contributed by atoms with Crippen LogP contribution < -0.4 is 5.32 Å². The number of rotatable bonds is 13. The molecular formula is C28H49NO9. The molecule has 0 aromatic rings. The lowest BCUT2D eigenvalue weighted by molar-refractivity contribution is -0.280. The van der Waals surface area contributed by atoms with Crippen molar-refractivity contribution in [2.24, 2.45) is 10.8 Å². The van der Waals surface area contributed by atoms with Crippen LogP contribution >= 0.6 is 0 Å². The highest BCUT2D eigenvalue weighted by Gasteiger charge is 2.52. The van der Waals surface area contributed by atoms with E-state index in [-0.39, 0.29) is 6.61 Å². The molecule has 1 aliphatic heterocycles. The first-order valence-corrected chi connectivity index (χ1v) is 13.7. The van der Waals surface area contributed by atoms with Gasteiger partial charge in [0.25, 0.3) is 0 Å². The molecule has 1 fully saturated rings. The molecule has 220 valence electrons. The highest BCUT2D eigenvalue weighted by molar-refractivity contribution is 5.76. The first kappa shape index (κ1) is 33.8. The summed E-state index contributed by atoms with van der Waals surface area (Å²) in [5.74, 6) is -2.07. The molecular weight excluding hydrogens is 494 g/mol. The number of esters is 3. The number of ether oxygens (including phenoxy) is 5. The summed E-state index contributed by atoms with van der Waals surface area (Å²) in [6, 6.07) is -0.955. The number of carbonyl (C=O) groups excluding carboxylic acids is 4. The smallest absolute Gasteiger partial charge is 0.311 e. The Morgan fingerprint density at radius 1 is 0.789 bits per heavy atom. The summed E-state index contributed by atoms with van der Waals surface area (Å²) in [4.78, 5) is 49.6. The second-order valence-corrected chi connectivity index (χ2v) is 12.0. The standard InChI is InChI=1S/C28H49NO9/c1-10-11-12-13-14-15-16-34-24-21(29-18(2)30)23(36-19(3)31)22(38-26(33)28(7,8)9)20(37-24)17-35-25(32)27(4,5)6/h20-24H,10-17H2,1-9H3,(H,29,30)/t20-,21-,22+,23-,24+/m1/s1. The van der Waals surface area contributed by atoms with Crippen molar-refractivity contribution in [2.45, 2.75) is 131 Å². The summed E-state index contributed by atoms with van der Waals surface area (Å²) in [6.07, 6.45) is 2.01. The van der Waals surface area contributed by atoms with Gasteiger partial charge >= 0.3 is 17.9 Å². The van der Waals surface area contributed by atoms with Gasteiger partial charge < -0.3 is 29.0 Å². The largest absolute Gasteiger partial charge is 0.462 e. The minimum absolute atomic E-state index is 0.264. The Kier molecular flexibility index (Phi) is 13.7. The van der Waals surface area contributed by atoms with Crippen LogP contribution in [0.1, 0.15) is 101 Å². The van der Waals surface area contributed by atoms with E-state index in [2.05, 4.69) is 12.2 Å². The Hall–Kier alpha value is -2.20. The van der Waals surface area contributed by atoms with Gasteiger partial charge in [-0.3, -0.25) is 19.2 Å². The van der Waals surface area contributed by atoms with Gasteiger partial charge in [-0.05, 0) is 48.0 Å². The summed E-state index contributed by atoms with van der Waals surface area (Å²) in [6.45, 7) is 15.0. The number of unbranched alkanes of at least 4 members (excludes halogenated alkanes) is 5. The first-order chi connectivity index (χ1) is 17.6. The van der Waals surface area contributed by atoms with Gasteiger partial charge in [0.1, 0.15) is 18.8 Å². The number of hydrogen-bond acceptors (Lipinski definition) is 9. The van der Waals surface area contributed by atoms with Crippen LogP contribution in [0, 0.1) is 10.8 Å². The second-order valence-electron chi connectivity index (χ2n) is 12.0. The van der Waals surface area contributed by atoms with Crippen molar-refractivity contribution in [1.29, 1.82) is 0 Å². The second kappa shape index (κ2) is 15.4. The van der Waals surface area contributed by atoms with Gasteiger partial charge in [0.15, 0.2) is 18.5 Å². The molecule has 0 aromatic heterocycles. The molecule has 0 saturated carbocycles. The summed E-state index contributed by atoms with van der Waals surface area (Å²) >= 11 is 0. The maximum Gasteiger partial charge on any atom is 0.311 e. The Morgan fingerprint density at radius 2 is 1.37 bits per heavy atom. The van der Waals surface area contributed by atoms with Gasteiger partial charge in [-0.25, -0.2) is 0 Å². The monoisotopic (exact) mass is 543 g/mol. The highest BCUT2D eigenvalue weighted by atomic mass is 16.7. The Labute approximate surface area is 227 Å². The SMILES string of the molecule is CCCCCCCCO[C@H]1O[C@H](COC(=O)C(C)(C)C)[C@H](OC(=O)C(C)(C)C)[C@H](OC(C)=O)[C@H]1NC(C)=O. The molecule has 1 amide bonds. The van der Waals surface area contributed by atoms with Crippen molar-refractivity contribution in [1.82, 2.24) is 5.32 Å². The predicted octanol–water partition coefficient (Wildman–Crippen LogP) is 4.07. The van der Waals surface area contributed by atoms with Crippen LogP contribution in [0.25, 0.3) is 0 Å². The number of carbonyl (C=O) groups is 4. The van der Waals surface area contributed by atoms with Crippen LogP contribution in [0.4, 0.5) is 0 Å². The molecule has 1 rings (SSSR count). The van der Waals surface area contributed by atoms with Crippen LogP contribution in [-0.2, 0) is 42.9 Å². The molecule has 38 heavy (non-hydrogen) atoms. The van der Waals surface area contributed by atoms with Gasteiger partial charge in [0.2, 0.25) is 5.91 Å². The van der Waals surface area contributed by atoms with Crippen LogP contribution in [0.2, 0.25) is 0 Å². The molecule has 0 unspecified atom stereocenters. The first-order valence-electron chi connectivity index (χ1n) is 13.7. The van der Waals surface area contributed by atoms with E-state index in [4.69, 9.17) is 23.7 Å². The van der Waals surface area contributed by atoms with Crippen molar-refractivity contribution in [3.05, 3.63) is 0 Å². The minimum atomic E-state index is -1.16. The molecule has 1 N–H and O–H groups in total. The van der Waals surface area contributed by atoms with E-state index in [1.165, 1.54) is 20.3 Å². The average Bonchev–Trinajstić information content (AvgIpc) is 2.78. The number of hydrogen-bond donors (Lipinski definition) is 1. The normalized spacial score (nSPS) is 23.9. The zero-order valence-electron chi connectivity index (χ0n) is 24.7. The van der Waals surface area contributed by atoms with Crippen molar-refractivity contribution in [3.63, 3.8) is 0 Å². The molecule has 0 radical (unpaired) electrons. The van der Waals surface area contributed by atoms with Crippen molar-refractivity contribution in [2.75, 3.05) is 13.2 Å². The fourth-order valence-corrected chi connectivity index (χ4v) is 3.80. The van der Waals surface area contributed by atoms with E-state index in [0.717, 1.165) is 32.1 Å². The third kappa shape index (κ3) is 11.7. The van der Waals surface area contributed by atoms with E-state index in [9.17, 15) is 19.2 Å². The van der Waals surface area contributed by atoms with E-state index in [1.54, 1.807) is 41.5 Å². The fraction of sp³-hybridized carbons (Fsp3) is 0.857. The van der Waals surface area contributed by atoms with E-state index < -0.39 is 65.3 Å². The van der Waals surface area contributed by atoms with Crippen LogP contribution in [-0.4, -0.2) is 67.7 Å². The molecule has 0 spiro atoms. The molecule has 1 aliphatic rings. The lowest BCUT2D eigenvalue weighted by Gasteiger charge is -2.45. The Balaban J connectivity index is 3.25. The van der Waals surface area contributed by atoms with Gasteiger partial charge in [-0.2, -0.15) is 0 Å². The van der Waals surface area contributed by atoms with E-state index in [1.807, 2.05) is 0 Å². The van der Waals surface area contributed by atoms with Gasteiger partial charge in [-0.1, -0.05) is 39.0 Å². The molecule has 0 aliphatic carbocycles. The lowest BCUT2D eigenvalue weighted by Crippen LogP contribution is -2.67. The maximum atomic E-state index is 12.9. The lowest BCUT2D eigenvalue weighted by atomic mass is 9.93. The van der Waals surface area contributed by atoms with Crippen LogP contribution in [0.15, 0.2) is 0 Å². The van der Waals surface area contributed by atoms with E-state index >= 15 is 0 Å². The summed E-state index contributed by atoms with van der Waals surface area (Å²) < 4.78 is 29.1. The van der Waals surface area contributed by atoms with Crippen LogP contribution in [0.3, 0.4) is 0 Å². The van der Waals surface area contributed by atoms with Gasteiger partial charge in [0, 0.05) is 20.5 Å². The van der Waals surface area contributed by atoms with Crippen molar-refractivity contribution in [3.8, 4) is 0 Å². The third-order valence-electron chi connectivity index (χ3n) is 5.94. The quantitative estimate of drug-likeness (QED) is 0.208. The Bertz CT molecular complexity index is 784. The summed E-state index contributed by atoms with van der Waals surface area (Å²) in [5.41, 5.74) is -1.64. The van der Waals surface area contributed by atoms with Gasteiger partial charge in [-0.15, -0.1) is 0 Å². The van der Waals surface area contributed by atoms with Gasteiger partial charge in [0.05, 0.1) is 10.8 Å². The summed E-state index contributed by atoms with van der Waals surface area (Å²) in [5, 5.41) is 2.74. The molecule has 10 heteroatoms. The maximum absolute atomic E-state index is 12.9. The highest BCUT2D eigenvalue weighted by Crippen LogP contribution is 2.30. The predicted molar refractivity (Wildman–Crippen MR) is 141 cm³/mol. The minimum Gasteiger partial charge on any atom is -0.462 e. The number of amides is 1. The van der Waals surface area contributed by atoms with Crippen LogP contribution in [0.5, 0.6) is 0 Å². The summed E-state index contributed by atoms with van der Waals surface area (Å²) in [7, 11) is 0. The molecule has 0 bridgehead atoms. The average molecular weight is 544 g/mol. The zero-order chi connectivity index (χ0) is 29.1. The van der Waals surface area contributed by atoms with Crippen molar-refractivity contribution < 1.29 is 42.9 Å². The topological polar surface area (TPSA) is 126 Å². The fourth-order valence-electron chi connectivity index (χ4n) is 3.80. The molecule has 1 heterocycles.